The molecule has 19 heavy (non-hydrogen) atoms. The molecule has 1 unspecified atom stereocenters. The third kappa shape index (κ3) is 3.13. The van der Waals surface area contributed by atoms with Crippen LogP contribution in [0.4, 0.5) is 0 Å². The van der Waals surface area contributed by atoms with Gasteiger partial charge in [0.15, 0.2) is 12.4 Å². The van der Waals surface area contributed by atoms with Crippen LogP contribution in [0.1, 0.15) is 26.3 Å². The van der Waals surface area contributed by atoms with Crippen molar-refractivity contribution in [2.45, 2.75) is 27.3 Å². The first-order valence-electron chi connectivity index (χ1n) is 6.63. The van der Waals surface area contributed by atoms with Crippen molar-refractivity contribution in [2.24, 2.45) is 17.0 Å². The summed E-state index contributed by atoms with van der Waals surface area (Å²) in [5, 5.41) is 4.10. The molecule has 0 bridgehead atoms. The molecule has 1 heterocycles. The zero-order valence-electron chi connectivity index (χ0n) is 11.7. The van der Waals surface area contributed by atoms with Crippen LogP contribution in [-0.2, 0) is 16.2 Å². The molecule has 1 aliphatic heterocycles. The number of amides is 1. The van der Waals surface area contributed by atoms with E-state index in [2.05, 4.69) is 25.9 Å². The first-order valence-corrected chi connectivity index (χ1v) is 6.63. The van der Waals surface area contributed by atoms with E-state index >= 15 is 0 Å². The van der Waals surface area contributed by atoms with Gasteiger partial charge in [-0.05, 0) is 11.5 Å². The van der Waals surface area contributed by atoms with Crippen LogP contribution in [0.15, 0.2) is 35.5 Å². The molecule has 0 N–H and O–H groups in total. The highest BCUT2D eigenvalue weighted by Crippen LogP contribution is 2.20. The maximum absolute atomic E-state index is 12.1. The van der Waals surface area contributed by atoms with Crippen LogP contribution in [-0.4, -0.2) is 23.2 Å². The van der Waals surface area contributed by atoms with Gasteiger partial charge in [-0.3, -0.25) is 9.69 Å². The maximum atomic E-state index is 12.1. The Balaban J connectivity index is 2.21. The summed E-state index contributed by atoms with van der Waals surface area (Å²) >= 11 is 0. The highest BCUT2D eigenvalue weighted by atomic mass is 16.6. The molecule has 0 aliphatic carbocycles. The quantitative estimate of drug-likeness (QED) is 0.835. The molecule has 0 saturated carbocycles. The zero-order valence-corrected chi connectivity index (χ0v) is 11.7. The Morgan fingerprint density at radius 1 is 1.26 bits per heavy atom. The Labute approximate surface area is 114 Å². The highest BCUT2D eigenvalue weighted by Gasteiger charge is 2.30. The average molecular weight is 260 g/mol. The molecule has 0 fully saturated rings. The van der Waals surface area contributed by atoms with E-state index in [-0.39, 0.29) is 18.4 Å². The molecule has 1 aromatic carbocycles. The van der Waals surface area contributed by atoms with Gasteiger partial charge in [-0.25, -0.2) is 0 Å². The summed E-state index contributed by atoms with van der Waals surface area (Å²) in [6.45, 7) is 6.89. The lowest BCUT2D eigenvalue weighted by Crippen LogP contribution is -2.45. The van der Waals surface area contributed by atoms with Gasteiger partial charge in [-0.15, -0.1) is 0 Å². The van der Waals surface area contributed by atoms with Crippen molar-refractivity contribution >= 4 is 11.7 Å². The predicted octanol–water partition coefficient (Wildman–Crippen LogP) is 2.65. The lowest BCUT2D eigenvalue weighted by Gasteiger charge is -2.31. The van der Waals surface area contributed by atoms with E-state index in [1.165, 1.54) is 0 Å². The number of hydrogen-bond acceptors (Lipinski definition) is 3. The van der Waals surface area contributed by atoms with Crippen LogP contribution in [0.2, 0.25) is 0 Å². The first kappa shape index (κ1) is 13.6. The van der Waals surface area contributed by atoms with Crippen molar-refractivity contribution in [3.05, 3.63) is 35.9 Å². The van der Waals surface area contributed by atoms with E-state index in [0.29, 0.717) is 12.5 Å². The fraction of sp³-hybridized carbons (Fsp3) is 0.467. The molecule has 0 spiro atoms. The van der Waals surface area contributed by atoms with Crippen LogP contribution < -0.4 is 0 Å². The highest BCUT2D eigenvalue weighted by molar-refractivity contribution is 6.00. The summed E-state index contributed by atoms with van der Waals surface area (Å²) in [5.74, 6) is 1.30. The van der Waals surface area contributed by atoms with Crippen LogP contribution >= 0.6 is 0 Å². The second-order valence-electron chi connectivity index (χ2n) is 5.22. The summed E-state index contributed by atoms with van der Waals surface area (Å²) < 4.78 is 0. The van der Waals surface area contributed by atoms with Crippen molar-refractivity contribution < 1.29 is 9.63 Å². The standard InChI is InChI=1S/C15H20N2O2/c1-11(2)12(3)15-16-19-10-14(18)17(15)9-13-7-5-4-6-8-13/h4-8,11-12H,9-10H2,1-3H3. The molecule has 1 aromatic rings. The predicted molar refractivity (Wildman–Crippen MR) is 74.4 cm³/mol. The summed E-state index contributed by atoms with van der Waals surface area (Å²) in [6.07, 6.45) is 0. The maximum Gasteiger partial charge on any atom is 0.269 e. The van der Waals surface area contributed by atoms with Gasteiger partial charge in [0.2, 0.25) is 0 Å². The summed E-state index contributed by atoms with van der Waals surface area (Å²) in [4.78, 5) is 18.8. The lowest BCUT2D eigenvalue weighted by atomic mass is 9.95. The van der Waals surface area contributed by atoms with Gasteiger partial charge in [-0.1, -0.05) is 56.3 Å². The summed E-state index contributed by atoms with van der Waals surface area (Å²) in [7, 11) is 0. The third-order valence-corrected chi connectivity index (χ3v) is 3.51. The number of rotatable bonds is 4. The van der Waals surface area contributed by atoms with Crippen molar-refractivity contribution in [2.75, 3.05) is 6.61 Å². The molecule has 1 amide bonds. The second kappa shape index (κ2) is 5.87. The van der Waals surface area contributed by atoms with Crippen LogP contribution in [0.25, 0.3) is 0 Å². The molecule has 102 valence electrons. The molecule has 1 atom stereocenters. The Morgan fingerprint density at radius 3 is 2.58 bits per heavy atom. The molecule has 4 heteroatoms. The molecular formula is C15H20N2O2. The van der Waals surface area contributed by atoms with Gasteiger partial charge < -0.3 is 4.84 Å². The number of carbonyl (C=O) groups excluding carboxylic acids is 1. The number of carbonyl (C=O) groups is 1. The summed E-state index contributed by atoms with van der Waals surface area (Å²) in [5.41, 5.74) is 1.10. The molecular weight excluding hydrogens is 240 g/mol. The van der Waals surface area contributed by atoms with E-state index in [1.54, 1.807) is 4.90 Å². The minimum atomic E-state index is -0.0265. The fourth-order valence-corrected chi connectivity index (χ4v) is 1.97. The van der Waals surface area contributed by atoms with Crippen LogP contribution in [0.3, 0.4) is 0 Å². The number of benzene rings is 1. The normalized spacial score (nSPS) is 17.2. The van der Waals surface area contributed by atoms with Gasteiger partial charge in [0.05, 0.1) is 6.54 Å². The van der Waals surface area contributed by atoms with Crippen molar-refractivity contribution in [3.63, 3.8) is 0 Å². The van der Waals surface area contributed by atoms with E-state index < -0.39 is 0 Å². The number of nitrogens with zero attached hydrogens (tertiary/aromatic N) is 2. The van der Waals surface area contributed by atoms with Gasteiger partial charge in [-0.2, -0.15) is 0 Å². The fourth-order valence-electron chi connectivity index (χ4n) is 1.97. The molecule has 0 saturated heterocycles. The monoisotopic (exact) mass is 260 g/mol. The van der Waals surface area contributed by atoms with Crippen molar-refractivity contribution in [3.8, 4) is 0 Å². The first-order chi connectivity index (χ1) is 9.09. The molecule has 0 radical (unpaired) electrons. The molecule has 4 nitrogen and oxygen atoms in total. The minimum Gasteiger partial charge on any atom is -0.384 e. The average Bonchev–Trinajstić information content (AvgIpc) is 2.41. The van der Waals surface area contributed by atoms with Crippen molar-refractivity contribution in [1.29, 1.82) is 0 Å². The minimum absolute atomic E-state index is 0.0265. The van der Waals surface area contributed by atoms with Gasteiger partial charge in [0, 0.05) is 5.92 Å². The second-order valence-corrected chi connectivity index (χ2v) is 5.22. The van der Waals surface area contributed by atoms with Crippen LogP contribution in [0.5, 0.6) is 0 Å². The van der Waals surface area contributed by atoms with Gasteiger partial charge in [0.25, 0.3) is 5.91 Å². The van der Waals surface area contributed by atoms with E-state index in [1.807, 2.05) is 30.3 Å². The molecule has 2 rings (SSSR count). The van der Waals surface area contributed by atoms with Gasteiger partial charge >= 0.3 is 0 Å². The Kier molecular flexibility index (Phi) is 4.20. The number of hydrogen-bond donors (Lipinski definition) is 0. The Bertz CT molecular complexity index is 468. The lowest BCUT2D eigenvalue weighted by molar-refractivity contribution is -0.135. The number of amidine groups is 1. The van der Waals surface area contributed by atoms with E-state index in [4.69, 9.17) is 4.84 Å². The van der Waals surface area contributed by atoms with Crippen molar-refractivity contribution in [1.82, 2.24) is 4.90 Å². The smallest absolute Gasteiger partial charge is 0.269 e. The number of oxime groups is 1. The zero-order chi connectivity index (χ0) is 13.8. The van der Waals surface area contributed by atoms with Gasteiger partial charge in [0.1, 0.15) is 0 Å². The van der Waals surface area contributed by atoms with E-state index in [9.17, 15) is 4.79 Å². The Morgan fingerprint density at radius 2 is 1.95 bits per heavy atom. The topological polar surface area (TPSA) is 41.9 Å². The third-order valence-electron chi connectivity index (χ3n) is 3.51. The Hall–Kier alpha value is -1.84. The molecule has 1 aliphatic rings. The SMILES string of the molecule is CC(C)C(C)C1=NOCC(=O)N1Cc1ccccc1. The van der Waals surface area contributed by atoms with E-state index in [0.717, 1.165) is 11.4 Å². The van der Waals surface area contributed by atoms with Crippen LogP contribution in [0, 0.1) is 11.8 Å². The molecule has 0 aromatic heterocycles. The largest absolute Gasteiger partial charge is 0.384 e. The summed E-state index contributed by atoms with van der Waals surface area (Å²) in [6, 6.07) is 9.95.